The first-order valence-corrected chi connectivity index (χ1v) is 6.30. The van der Waals surface area contributed by atoms with Crippen LogP contribution in [0.4, 0.5) is 4.39 Å². The Kier molecular flexibility index (Phi) is 6.66. The maximum absolute atomic E-state index is 12.8. The third-order valence-electron chi connectivity index (χ3n) is 2.75. The molecule has 1 rings (SSSR count). The summed E-state index contributed by atoms with van der Waals surface area (Å²) in [6.45, 7) is 1.01. The van der Waals surface area contributed by atoms with E-state index in [9.17, 15) is 14.0 Å². The third-order valence-corrected chi connectivity index (χ3v) is 2.75. The molecule has 0 unspecified atom stereocenters. The molecule has 1 N–H and O–H groups in total. The number of rotatable bonds is 8. The number of nitrogens with zero attached hydrogens (tertiary/aromatic N) is 1. The molecule has 5 nitrogen and oxygen atoms in total. The lowest BCUT2D eigenvalue weighted by atomic mass is 10.2. The Morgan fingerprint density at radius 2 is 1.90 bits per heavy atom. The van der Waals surface area contributed by atoms with Crippen LogP contribution in [-0.2, 0) is 9.53 Å². The zero-order valence-electron chi connectivity index (χ0n) is 11.3. The monoisotopic (exact) mass is 283 g/mol. The number of hydrogen-bond donors (Lipinski definition) is 1. The van der Waals surface area contributed by atoms with Gasteiger partial charge < -0.3 is 14.7 Å². The summed E-state index contributed by atoms with van der Waals surface area (Å²) in [5.74, 6) is -1.69. The number of aliphatic carboxylic acids is 1. The molecule has 0 aliphatic carbocycles. The summed E-state index contributed by atoms with van der Waals surface area (Å²) in [6, 6.07) is 5.19. The van der Waals surface area contributed by atoms with Crippen molar-refractivity contribution < 1.29 is 23.8 Å². The molecule has 0 heterocycles. The summed E-state index contributed by atoms with van der Waals surface area (Å²) in [5, 5.41) is 8.71. The Morgan fingerprint density at radius 3 is 2.45 bits per heavy atom. The van der Waals surface area contributed by atoms with Gasteiger partial charge in [0.2, 0.25) is 0 Å². The quantitative estimate of drug-likeness (QED) is 0.738. The van der Waals surface area contributed by atoms with E-state index in [2.05, 4.69) is 0 Å². The van der Waals surface area contributed by atoms with Crippen molar-refractivity contribution in [2.75, 3.05) is 26.8 Å². The molecule has 6 heteroatoms. The Morgan fingerprint density at radius 1 is 1.25 bits per heavy atom. The van der Waals surface area contributed by atoms with Crippen LogP contribution in [0.5, 0.6) is 0 Å². The minimum Gasteiger partial charge on any atom is -0.481 e. The molecule has 0 radical (unpaired) electrons. The molecular weight excluding hydrogens is 265 g/mol. The normalized spacial score (nSPS) is 10.3. The molecule has 0 saturated carbocycles. The Balaban J connectivity index is 2.71. The van der Waals surface area contributed by atoms with Gasteiger partial charge in [0.1, 0.15) is 5.82 Å². The lowest BCUT2D eigenvalue weighted by Crippen LogP contribution is -2.34. The van der Waals surface area contributed by atoms with E-state index < -0.39 is 11.8 Å². The van der Waals surface area contributed by atoms with Gasteiger partial charge in [-0.1, -0.05) is 0 Å². The van der Waals surface area contributed by atoms with Crippen molar-refractivity contribution in [2.45, 2.75) is 12.8 Å². The molecule has 0 aromatic heterocycles. The molecule has 0 aliphatic rings. The summed E-state index contributed by atoms with van der Waals surface area (Å²) in [4.78, 5) is 24.3. The average molecular weight is 283 g/mol. The Hall–Kier alpha value is -1.95. The fourth-order valence-corrected chi connectivity index (χ4v) is 1.72. The van der Waals surface area contributed by atoms with Crippen molar-refractivity contribution in [1.29, 1.82) is 0 Å². The molecular formula is C14H18FNO4. The first-order chi connectivity index (χ1) is 9.54. The molecule has 0 fully saturated rings. The van der Waals surface area contributed by atoms with Crippen LogP contribution in [0.25, 0.3) is 0 Å². The van der Waals surface area contributed by atoms with Crippen molar-refractivity contribution in [2.24, 2.45) is 0 Å². The van der Waals surface area contributed by atoms with Crippen LogP contribution in [0, 0.1) is 5.82 Å². The summed E-state index contributed by atoms with van der Waals surface area (Å²) in [7, 11) is 1.56. The van der Waals surface area contributed by atoms with Crippen molar-refractivity contribution in [3.8, 4) is 0 Å². The minimum absolute atomic E-state index is 0.120. The van der Waals surface area contributed by atoms with Crippen molar-refractivity contribution in [1.82, 2.24) is 4.90 Å². The van der Waals surface area contributed by atoms with Gasteiger partial charge in [-0.15, -0.1) is 0 Å². The molecule has 20 heavy (non-hydrogen) atoms. The fourth-order valence-electron chi connectivity index (χ4n) is 1.72. The van der Waals surface area contributed by atoms with Gasteiger partial charge in [0.15, 0.2) is 0 Å². The number of hydrogen-bond acceptors (Lipinski definition) is 3. The molecule has 1 aromatic carbocycles. The standard InChI is InChI=1S/C14H18FNO4/c1-20-10-2-8-16(9-7-13(17)18)14(19)11-3-5-12(15)6-4-11/h3-6H,2,7-10H2,1H3,(H,17,18). The molecule has 1 amide bonds. The Bertz CT molecular complexity index is 447. The van der Waals surface area contributed by atoms with Gasteiger partial charge in [0.25, 0.3) is 5.91 Å². The molecule has 0 spiro atoms. The highest BCUT2D eigenvalue weighted by molar-refractivity contribution is 5.94. The van der Waals surface area contributed by atoms with Gasteiger partial charge in [-0.25, -0.2) is 4.39 Å². The van der Waals surface area contributed by atoms with Gasteiger partial charge in [0, 0.05) is 32.4 Å². The number of ether oxygens (including phenoxy) is 1. The van der Waals surface area contributed by atoms with E-state index in [4.69, 9.17) is 9.84 Å². The predicted octanol–water partition coefficient (Wildman–Crippen LogP) is 1.78. The molecule has 0 saturated heterocycles. The second-order valence-corrected chi connectivity index (χ2v) is 4.29. The van der Waals surface area contributed by atoms with Gasteiger partial charge >= 0.3 is 5.97 Å². The zero-order chi connectivity index (χ0) is 15.0. The maximum atomic E-state index is 12.8. The van der Waals surface area contributed by atoms with Gasteiger partial charge in [-0.2, -0.15) is 0 Å². The SMILES string of the molecule is COCCCN(CCC(=O)O)C(=O)c1ccc(F)cc1. The number of benzene rings is 1. The first kappa shape index (κ1) is 16.1. The number of carboxylic acids is 1. The van der Waals surface area contributed by atoms with Crippen LogP contribution < -0.4 is 0 Å². The zero-order valence-corrected chi connectivity index (χ0v) is 11.3. The number of halogens is 1. The van der Waals surface area contributed by atoms with E-state index in [1.165, 1.54) is 29.2 Å². The second kappa shape index (κ2) is 8.27. The lowest BCUT2D eigenvalue weighted by molar-refractivity contribution is -0.137. The highest BCUT2D eigenvalue weighted by atomic mass is 19.1. The number of carbonyl (C=O) groups excluding carboxylic acids is 1. The topological polar surface area (TPSA) is 66.8 Å². The van der Waals surface area contributed by atoms with Crippen LogP contribution in [0.1, 0.15) is 23.2 Å². The number of methoxy groups -OCH3 is 1. The molecule has 0 bridgehead atoms. The smallest absolute Gasteiger partial charge is 0.305 e. The van der Waals surface area contributed by atoms with Crippen LogP contribution in [0.15, 0.2) is 24.3 Å². The molecule has 110 valence electrons. The summed E-state index contributed by atoms with van der Waals surface area (Å²) < 4.78 is 17.7. The van der Waals surface area contributed by atoms with Crippen molar-refractivity contribution in [3.05, 3.63) is 35.6 Å². The van der Waals surface area contributed by atoms with E-state index in [1.54, 1.807) is 7.11 Å². The first-order valence-electron chi connectivity index (χ1n) is 6.30. The number of carboxylic acid groups (broad SMARTS) is 1. The maximum Gasteiger partial charge on any atom is 0.305 e. The molecule has 1 aromatic rings. The average Bonchev–Trinajstić information content (AvgIpc) is 2.42. The molecule has 0 aliphatic heterocycles. The van der Waals surface area contributed by atoms with Gasteiger partial charge in [-0.3, -0.25) is 9.59 Å². The van der Waals surface area contributed by atoms with Crippen molar-refractivity contribution >= 4 is 11.9 Å². The largest absolute Gasteiger partial charge is 0.481 e. The number of carbonyl (C=O) groups is 2. The van der Waals surface area contributed by atoms with Crippen LogP contribution in [-0.4, -0.2) is 48.7 Å². The summed E-state index contributed by atoms with van der Waals surface area (Å²) in [5.41, 5.74) is 0.342. The minimum atomic E-state index is -0.964. The van der Waals surface area contributed by atoms with E-state index in [0.717, 1.165) is 0 Å². The summed E-state index contributed by atoms with van der Waals surface area (Å²) in [6.07, 6.45) is 0.489. The van der Waals surface area contributed by atoms with Gasteiger partial charge in [-0.05, 0) is 30.7 Å². The lowest BCUT2D eigenvalue weighted by Gasteiger charge is -2.22. The van der Waals surface area contributed by atoms with E-state index in [0.29, 0.717) is 25.1 Å². The number of amides is 1. The highest BCUT2D eigenvalue weighted by Gasteiger charge is 2.16. The Labute approximate surface area is 117 Å². The second-order valence-electron chi connectivity index (χ2n) is 4.29. The third kappa shape index (κ3) is 5.36. The highest BCUT2D eigenvalue weighted by Crippen LogP contribution is 2.08. The van der Waals surface area contributed by atoms with Crippen LogP contribution in [0.2, 0.25) is 0 Å². The van der Waals surface area contributed by atoms with E-state index in [1.807, 2.05) is 0 Å². The van der Waals surface area contributed by atoms with E-state index in [-0.39, 0.29) is 18.9 Å². The summed E-state index contributed by atoms with van der Waals surface area (Å²) >= 11 is 0. The molecule has 0 atom stereocenters. The fraction of sp³-hybridized carbons (Fsp3) is 0.429. The van der Waals surface area contributed by atoms with Gasteiger partial charge in [0.05, 0.1) is 6.42 Å². The van der Waals surface area contributed by atoms with E-state index >= 15 is 0 Å². The van der Waals surface area contributed by atoms with Crippen molar-refractivity contribution in [3.63, 3.8) is 0 Å². The predicted molar refractivity (Wildman–Crippen MR) is 71.0 cm³/mol. The van der Waals surface area contributed by atoms with Crippen LogP contribution in [0.3, 0.4) is 0 Å². The van der Waals surface area contributed by atoms with Crippen LogP contribution >= 0.6 is 0 Å².